The van der Waals surface area contributed by atoms with Crippen molar-refractivity contribution in [2.45, 2.75) is 32.7 Å². The van der Waals surface area contributed by atoms with Crippen LogP contribution in [0, 0.1) is 5.41 Å². The van der Waals surface area contributed by atoms with Crippen LogP contribution in [-0.2, 0) is 0 Å². The molecule has 0 amide bonds. The van der Waals surface area contributed by atoms with Gasteiger partial charge in [-0.1, -0.05) is 13.3 Å². The summed E-state index contributed by atoms with van der Waals surface area (Å²) in [6.07, 6.45) is 1.87. The van der Waals surface area contributed by atoms with Crippen LogP contribution in [0.4, 0.5) is 0 Å². The van der Waals surface area contributed by atoms with Gasteiger partial charge in [-0.15, -0.1) is 0 Å². The number of nitrogens with zero attached hydrogens (tertiary/aromatic N) is 1. The van der Waals surface area contributed by atoms with Crippen LogP contribution in [-0.4, -0.2) is 23.8 Å². The van der Waals surface area contributed by atoms with E-state index in [-0.39, 0.29) is 6.04 Å². The van der Waals surface area contributed by atoms with Gasteiger partial charge in [0.15, 0.2) is 0 Å². The van der Waals surface area contributed by atoms with Gasteiger partial charge >= 0.3 is 0 Å². The summed E-state index contributed by atoms with van der Waals surface area (Å²) in [6.45, 7) is 4.01. The van der Waals surface area contributed by atoms with Crippen molar-refractivity contribution in [3.05, 3.63) is 0 Å². The van der Waals surface area contributed by atoms with E-state index < -0.39 is 0 Å². The molecule has 0 rings (SSSR count). The predicted octanol–water partition coefficient (Wildman–Crippen LogP) is 1.00. The molecule has 0 aromatic heterocycles. The summed E-state index contributed by atoms with van der Waals surface area (Å²) < 4.78 is 0. The van der Waals surface area contributed by atoms with Gasteiger partial charge in [-0.2, -0.15) is 0 Å². The number of nitrogens with two attached hydrogens (primary N) is 1. The van der Waals surface area contributed by atoms with Crippen molar-refractivity contribution in [2.75, 3.05) is 7.05 Å². The number of hydrogen-bond acceptors (Lipinski definition) is 3. The summed E-state index contributed by atoms with van der Waals surface area (Å²) >= 11 is 0. The van der Waals surface area contributed by atoms with E-state index in [9.17, 15) is 0 Å². The fraction of sp³-hybridized carbons (Fsp3) is 0.857. The average Bonchev–Trinajstić information content (AvgIpc) is 1.87. The highest BCUT2D eigenvalue weighted by molar-refractivity contribution is 5.86. The van der Waals surface area contributed by atoms with Crippen LogP contribution in [0.5, 0.6) is 0 Å². The second kappa shape index (κ2) is 4.41. The van der Waals surface area contributed by atoms with Gasteiger partial charge in [-0.05, 0) is 13.3 Å². The molecule has 0 spiro atoms. The maximum absolute atomic E-state index is 7.50. The Labute approximate surface area is 62.7 Å². The molecular formula is C7H17N3. The highest BCUT2D eigenvalue weighted by atomic mass is 15.4. The highest BCUT2D eigenvalue weighted by Crippen LogP contribution is 1.98. The lowest BCUT2D eigenvalue weighted by Crippen LogP contribution is -2.40. The Kier molecular flexibility index (Phi) is 4.23. The van der Waals surface area contributed by atoms with Gasteiger partial charge in [0.1, 0.15) is 0 Å². The molecule has 3 heteroatoms. The number of rotatable bonds is 4. The van der Waals surface area contributed by atoms with E-state index in [4.69, 9.17) is 11.3 Å². The number of nitrogens with one attached hydrogen (secondary N) is 1. The smallest absolute Gasteiger partial charge is 0.0585 e. The highest BCUT2D eigenvalue weighted by Gasteiger charge is 2.09. The second-order valence-corrected chi connectivity index (χ2v) is 2.62. The van der Waals surface area contributed by atoms with Crippen molar-refractivity contribution in [3.8, 4) is 0 Å². The topological polar surface area (TPSA) is 53.1 Å². The van der Waals surface area contributed by atoms with E-state index in [1.807, 2.05) is 6.92 Å². The lowest BCUT2D eigenvalue weighted by Gasteiger charge is -2.19. The first-order chi connectivity index (χ1) is 4.59. The molecule has 0 aliphatic heterocycles. The molecule has 1 unspecified atom stereocenters. The average molecular weight is 143 g/mol. The lowest BCUT2D eigenvalue weighted by atomic mass is 10.1. The molecule has 0 fully saturated rings. The van der Waals surface area contributed by atoms with E-state index in [2.05, 4.69) is 6.92 Å². The van der Waals surface area contributed by atoms with Gasteiger partial charge in [0, 0.05) is 12.8 Å². The van der Waals surface area contributed by atoms with Gasteiger partial charge in [0.05, 0.1) is 6.04 Å². The Morgan fingerprint density at radius 2 is 2.20 bits per heavy atom. The zero-order valence-electron chi connectivity index (χ0n) is 7.02. The molecule has 0 saturated carbocycles. The van der Waals surface area contributed by atoms with Gasteiger partial charge in [0.25, 0.3) is 0 Å². The molecule has 0 aliphatic rings. The minimum Gasteiger partial charge on any atom is -0.308 e. The quantitative estimate of drug-likeness (QED) is 0.350. The molecule has 0 aromatic carbocycles. The van der Waals surface area contributed by atoms with Crippen LogP contribution in [0.3, 0.4) is 0 Å². The Bertz CT molecular complexity index is 109. The Morgan fingerprint density at radius 3 is 2.50 bits per heavy atom. The minimum atomic E-state index is 0.0833. The standard InChI is InChI=1S/C7H17N3/c1-4-5-7(8)6(2)10(3)9/h6,8H,4-5,9H2,1-3H3. The Balaban J connectivity index is 3.71. The maximum Gasteiger partial charge on any atom is 0.0585 e. The summed E-state index contributed by atoms with van der Waals surface area (Å²) in [5.74, 6) is 5.46. The minimum absolute atomic E-state index is 0.0833. The first kappa shape index (κ1) is 9.59. The SMILES string of the molecule is CCCC(=N)C(C)N(C)N. The Morgan fingerprint density at radius 1 is 1.70 bits per heavy atom. The fourth-order valence-corrected chi connectivity index (χ4v) is 0.724. The molecule has 1 atom stereocenters. The van der Waals surface area contributed by atoms with Crippen LogP contribution < -0.4 is 5.84 Å². The van der Waals surface area contributed by atoms with E-state index in [0.29, 0.717) is 5.71 Å². The van der Waals surface area contributed by atoms with Gasteiger partial charge in [-0.3, -0.25) is 5.84 Å². The van der Waals surface area contributed by atoms with Crippen LogP contribution in [0.15, 0.2) is 0 Å². The van der Waals surface area contributed by atoms with Crippen molar-refractivity contribution >= 4 is 5.71 Å². The molecule has 3 N–H and O–H groups in total. The summed E-state index contributed by atoms with van der Waals surface area (Å²) in [4.78, 5) is 0. The third-order valence-electron chi connectivity index (χ3n) is 1.63. The van der Waals surface area contributed by atoms with Gasteiger partial charge in [-0.25, -0.2) is 5.01 Å². The predicted molar refractivity (Wildman–Crippen MR) is 44.0 cm³/mol. The van der Waals surface area contributed by atoms with E-state index in [0.717, 1.165) is 12.8 Å². The number of hydrogen-bond donors (Lipinski definition) is 2. The van der Waals surface area contributed by atoms with Crippen molar-refractivity contribution in [2.24, 2.45) is 5.84 Å². The third-order valence-corrected chi connectivity index (χ3v) is 1.63. The van der Waals surface area contributed by atoms with Crippen LogP contribution in [0.2, 0.25) is 0 Å². The molecule has 0 aliphatic carbocycles. The molecule has 0 saturated heterocycles. The molecule has 10 heavy (non-hydrogen) atoms. The lowest BCUT2D eigenvalue weighted by molar-refractivity contribution is 0.320. The van der Waals surface area contributed by atoms with Gasteiger partial charge in [0.2, 0.25) is 0 Å². The monoisotopic (exact) mass is 143 g/mol. The van der Waals surface area contributed by atoms with Crippen LogP contribution in [0.25, 0.3) is 0 Å². The van der Waals surface area contributed by atoms with Crippen molar-refractivity contribution in [1.82, 2.24) is 5.01 Å². The fourth-order valence-electron chi connectivity index (χ4n) is 0.724. The van der Waals surface area contributed by atoms with Crippen molar-refractivity contribution in [1.29, 1.82) is 5.41 Å². The first-order valence-corrected chi connectivity index (χ1v) is 3.64. The van der Waals surface area contributed by atoms with Crippen molar-refractivity contribution < 1.29 is 0 Å². The summed E-state index contributed by atoms with van der Waals surface area (Å²) in [5, 5.41) is 9.07. The van der Waals surface area contributed by atoms with Gasteiger partial charge < -0.3 is 5.41 Å². The molecule has 3 nitrogen and oxygen atoms in total. The molecule has 0 aromatic rings. The molecule has 0 heterocycles. The zero-order chi connectivity index (χ0) is 8.15. The Hall–Kier alpha value is -0.410. The van der Waals surface area contributed by atoms with E-state index >= 15 is 0 Å². The first-order valence-electron chi connectivity index (χ1n) is 3.64. The maximum atomic E-state index is 7.50. The summed E-state index contributed by atoms with van der Waals surface area (Å²) in [5.41, 5.74) is 0.715. The van der Waals surface area contributed by atoms with Crippen LogP contribution >= 0.6 is 0 Å². The molecular weight excluding hydrogens is 126 g/mol. The number of hydrazine groups is 1. The largest absolute Gasteiger partial charge is 0.308 e. The summed E-state index contributed by atoms with van der Waals surface area (Å²) in [7, 11) is 1.79. The molecule has 0 bridgehead atoms. The van der Waals surface area contributed by atoms with Crippen molar-refractivity contribution in [3.63, 3.8) is 0 Å². The molecule has 60 valence electrons. The second-order valence-electron chi connectivity index (χ2n) is 2.62. The third kappa shape index (κ3) is 2.94. The summed E-state index contributed by atoms with van der Waals surface area (Å²) in [6, 6.07) is 0.0833. The van der Waals surface area contributed by atoms with E-state index in [1.165, 1.54) is 0 Å². The van der Waals surface area contributed by atoms with E-state index in [1.54, 1.807) is 12.1 Å². The normalized spacial score (nSPS) is 13.7. The zero-order valence-corrected chi connectivity index (χ0v) is 7.02. The van der Waals surface area contributed by atoms with Crippen LogP contribution in [0.1, 0.15) is 26.7 Å². The molecule has 0 radical (unpaired) electrons.